The van der Waals surface area contributed by atoms with E-state index in [1.54, 1.807) is 33.6 Å². The molecule has 0 bridgehead atoms. The largest absolute Gasteiger partial charge is 1.00 e. The Bertz CT molecular complexity index is 2370. The zero-order valence-electron chi connectivity index (χ0n) is 51.7. The quantitative estimate of drug-likeness (QED) is 0.0491. The predicted molar refractivity (Wildman–Crippen MR) is 325 cm³/mol. The van der Waals surface area contributed by atoms with Gasteiger partial charge in [-0.25, -0.2) is 10.8 Å². The van der Waals surface area contributed by atoms with Crippen molar-refractivity contribution >= 4 is 29.8 Å². The van der Waals surface area contributed by atoms with Crippen molar-refractivity contribution in [3.05, 3.63) is 142 Å². The van der Waals surface area contributed by atoms with Crippen LogP contribution in [0.3, 0.4) is 0 Å². The van der Waals surface area contributed by atoms with Gasteiger partial charge in [0.25, 0.3) is 5.91 Å². The minimum absolute atomic E-state index is 0. The van der Waals surface area contributed by atoms with Crippen molar-refractivity contribution < 1.29 is 74.9 Å². The van der Waals surface area contributed by atoms with Gasteiger partial charge in [0.05, 0.1) is 6.10 Å². The van der Waals surface area contributed by atoms with E-state index >= 15 is 4.39 Å². The third-order valence-corrected chi connectivity index (χ3v) is 15.5. The Morgan fingerprint density at radius 1 is 1.05 bits per heavy atom. The molecule has 0 aromatic heterocycles. The average Bonchev–Trinajstić information content (AvgIpc) is 3.90. The number of rotatable bonds is 23. The van der Waals surface area contributed by atoms with Crippen LogP contribution < -0.4 is 62.0 Å². The number of benzene rings is 2. The molecular weight excluding hydrogens is 999 g/mol. The molecule has 78 heavy (non-hydrogen) atoms. The number of nitrogens with zero attached hydrogens (tertiary/aromatic N) is 4. The fraction of sp³-hybridized carbons (Fsp3) is 0.561. The predicted octanol–water partition coefficient (Wildman–Crippen LogP) is 10.6. The van der Waals surface area contributed by atoms with Crippen molar-refractivity contribution in [3.63, 3.8) is 0 Å². The molecule has 0 saturated carbocycles. The maximum atomic E-state index is 15.9. The smallest absolute Gasteiger partial charge is 0.542 e. The number of methoxy groups -OCH3 is 1. The van der Waals surface area contributed by atoms with Gasteiger partial charge in [0.2, 0.25) is 0 Å². The van der Waals surface area contributed by atoms with E-state index in [4.69, 9.17) is 4.74 Å². The molecule has 3 atom stereocenters. The van der Waals surface area contributed by atoms with Gasteiger partial charge in [0.15, 0.2) is 0 Å². The van der Waals surface area contributed by atoms with Crippen LogP contribution in [0.4, 0.5) is 4.39 Å². The SMILES string of the molecule is C=C(/C=C(\C)C(C)N1CC=C(c2c(C)cc(C(=O)N3CCC(CN(CCC)C(C)CC)CC3)cc2F)CC1)/C(=C\C=NC)N/C=C\C1=C(C(C)OC)CCN1.CC.CCc1ccc(C)c(C(C)(C)C(C)=O)c1.[CH2-]CC[C-]=O.[K+]. The van der Waals surface area contributed by atoms with E-state index in [-0.39, 0.29) is 86.5 Å². The van der Waals surface area contributed by atoms with Crippen molar-refractivity contribution in [3.8, 4) is 0 Å². The van der Waals surface area contributed by atoms with Crippen molar-refractivity contribution in [1.82, 2.24) is 25.3 Å². The summed E-state index contributed by atoms with van der Waals surface area (Å²) in [6.45, 7) is 42.9. The van der Waals surface area contributed by atoms with E-state index in [2.05, 4.69) is 131 Å². The molecule has 2 aromatic carbocycles. The number of carbonyl (C=O) groups excluding carboxylic acids is 3. The number of ether oxygens (including phenoxy) is 1. The summed E-state index contributed by atoms with van der Waals surface area (Å²) in [6, 6.07) is 10.5. The van der Waals surface area contributed by atoms with Crippen LogP contribution in [-0.2, 0) is 26.2 Å². The van der Waals surface area contributed by atoms with Crippen molar-refractivity contribution in [2.24, 2.45) is 10.9 Å². The first-order chi connectivity index (χ1) is 36.7. The molecule has 0 spiro atoms. The van der Waals surface area contributed by atoms with Gasteiger partial charge in [-0.3, -0.25) is 25.8 Å². The minimum atomic E-state index is -0.366. The fourth-order valence-corrected chi connectivity index (χ4v) is 9.92. The number of piperidine rings is 1. The van der Waals surface area contributed by atoms with Gasteiger partial charge >= 0.3 is 51.4 Å². The Morgan fingerprint density at radius 3 is 2.26 bits per heavy atom. The Balaban J connectivity index is 0.00000110. The summed E-state index contributed by atoms with van der Waals surface area (Å²) >= 11 is 0. The zero-order chi connectivity index (χ0) is 57.8. The molecule has 1 amide bonds. The van der Waals surface area contributed by atoms with Crippen LogP contribution in [0, 0.1) is 32.5 Å². The number of Topliss-reactive ketones (excluding diaryl/α,β-unsaturated/α-hetero) is 1. The Morgan fingerprint density at radius 2 is 1.73 bits per heavy atom. The first kappa shape index (κ1) is 72.4. The second-order valence-electron chi connectivity index (χ2n) is 21.1. The number of hydrogen-bond acceptors (Lipinski definition) is 9. The molecule has 3 aliphatic heterocycles. The Labute approximate surface area is 516 Å². The standard InChI is InChI=1S/C46H69FN6O2.C14H20O.C4H6O.C2H6.K/c1-11-23-53(35(6)12-2)31-38-16-24-52(25-17-38)46(54)40-29-34(5)45(42(47)30-40)39-18-26-51(27-19-39)36(7)32(3)28-33(4)43(14-20-48-9)49-22-15-44-41(13-21-50-44)37(8)55-10;1-6-12-8-7-10(2)13(9-12)14(4,5)11(3)15;1-2-3-4-5;1-2;/h14-15,18,20,22,28-30,35-38,49-50H,4,11-13,16-17,19,21,23-27,31H2,1-3,5-10H3;7-9H,6H2,1-5H3;1-3H2;1-2H3;/q;;-2;;+1/b22-15-,32-28+,43-14+,48-20?;;;;. The van der Waals surface area contributed by atoms with Crippen LogP contribution in [0.15, 0.2) is 101 Å². The first-order valence-corrected chi connectivity index (χ1v) is 28.7. The number of ketones is 1. The van der Waals surface area contributed by atoms with Gasteiger partial charge in [-0.1, -0.05) is 77.1 Å². The van der Waals surface area contributed by atoms with Gasteiger partial charge < -0.3 is 36.9 Å². The number of hydrogen-bond donors (Lipinski definition) is 2. The summed E-state index contributed by atoms with van der Waals surface area (Å²) in [4.78, 5) is 45.5. The van der Waals surface area contributed by atoms with Gasteiger partial charge in [0, 0.05) is 106 Å². The molecule has 10 nitrogen and oxygen atoms in total. The summed E-state index contributed by atoms with van der Waals surface area (Å²) in [5, 5.41) is 6.86. The van der Waals surface area contributed by atoms with Crippen LogP contribution in [0.25, 0.3) is 5.57 Å². The summed E-state index contributed by atoms with van der Waals surface area (Å²) in [7, 11) is 3.49. The summed E-state index contributed by atoms with van der Waals surface area (Å²) in [5.74, 6) is 0.462. The number of aliphatic imine (C=N–C) groups is 1. The number of likely N-dealkylation sites (tertiary alicyclic amines) is 1. The first-order valence-electron chi connectivity index (χ1n) is 28.7. The number of allylic oxidation sites excluding steroid dienone is 3. The zero-order valence-corrected chi connectivity index (χ0v) is 54.8. The van der Waals surface area contributed by atoms with Crippen LogP contribution in [-0.4, -0.2) is 117 Å². The topological polar surface area (TPSA) is 107 Å². The van der Waals surface area contributed by atoms with Crippen molar-refractivity contribution in [2.45, 2.75) is 178 Å². The Hall–Kier alpha value is -3.59. The van der Waals surface area contributed by atoms with Crippen LogP contribution in [0.1, 0.15) is 173 Å². The molecular formula is C66H101FKN6O4-. The molecule has 428 valence electrons. The van der Waals surface area contributed by atoms with Crippen LogP contribution in [0.2, 0.25) is 0 Å². The monoisotopic (exact) mass is 1100 g/mol. The Kier molecular flexibility index (Phi) is 35.4. The number of amides is 1. The van der Waals surface area contributed by atoms with E-state index in [0.717, 1.165) is 118 Å². The van der Waals surface area contributed by atoms with Gasteiger partial charge in [-0.15, -0.1) is 0 Å². The molecule has 3 unspecified atom stereocenters. The molecule has 0 radical (unpaired) electrons. The number of nitrogens with one attached hydrogen (secondary N) is 2. The second-order valence-corrected chi connectivity index (χ2v) is 21.1. The molecule has 0 aliphatic carbocycles. The van der Waals surface area contributed by atoms with Gasteiger partial charge in [-0.05, 0) is 183 Å². The van der Waals surface area contributed by atoms with Gasteiger partial charge in [0.1, 0.15) is 11.6 Å². The molecule has 1 fully saturated rings. The third-order valence-electron chi connectivity index (χ3n) is 15.5. The van der Waals surface area contributed by atoms with E-state index in [1.807, 2.05) is 57.9 Å². The number of unbranched alkanes of at least 4 members (excludes halogenated alkanes) is 1. The molecule has 3 aliphatic rings. The van der Waals surface area contributed by atoms with E-state index < -0.39 is 0 Å². The van der Waals surface area contributed by atoms with Crippen LogP contribution >= 0.6 is 0 Å². The molecule has 2 N–H and O–H groups in total. The van der Waals surface area contributed by atoms with Gasteiger partial charge in [-0.2, -0.15) is 6.42 Å². The van der Waals surface area contributed by atoms with E-state index in [1.165, 1.54) is 28.3 Å². The minimum Gasteiger partial charge on any atom is -0.542 e. The fourth-order valence-electron chi connectivity index (χ4n) is 9.92. The molecule has 12 heteroatoms. The molecule has 2 aromatic rings. The molecule has 1 saturated heterocycles. The summed E-state index contributed by atoms with van der Waals surface area (Å²) < 4.78 is 21.4. The summed E-state index contributed by atoms with van der Waals surface area (Å²) in [5.41, 5.74) is 11.5. The molecule has 5 rings (SSSR count). The maximum absolute atomic E-state index is 15.9. The number of halogens is 1. The average molecular weight is 1100 g/mol. The number of carbonyl (C=O) groups is 2. The van der Waals surface area contributed by atoms with Crippen LogP contribution in [0.5, 0.6) is 0 Å². The third kappa shape index (κ3) is 22.4. The van der Waals surface area contributed by atoms with Crippen molar-refractivity contribution in [1.29, 1.82) is 0 Å². The second kappa shape index (κ2) is 38.2. The summed E-state index contributed by atoms with van der Waals surface area (Å²) in [6.07, 6.45) is 21.9. The van der Waals surface area contributed by atoms with E-state index in [0.29, 0.717) is 42.5 Å². The molecule has 3 heterocycles. The maximum Gasteiger partial charge on any atom is 1.00 e. The van der Waals surface area contributed by atoms with Crippen molar-refractivity contribution in [2.75, 3.05) is 60.0 Å². The van der Waals surface area contributed by atoms with E-state index in [9.17, 15) is 14.4 Å². The number of aryl methyl sites for hydroxylation is 3. The normalized spacial score (nSPS) is 16.7.